The molecule has 0 spiro atoms. The third-order valence-electron chi connectivity index (χ3n) is 2.08. The molecule has 88 valence electrons. The predicted octanol–water partition coefficient (Wildman–Crippen LogP) is 3.14. The van der Waals surface area contributed by atoms with E-state index in [1.54, 1.807) is 0 Å². The number of hydroxylamine groups is 2. The van der Waals surface area contributed by atoms with E-state index in [0.717, 1.165) is 16.5 Å². The van der Waals surface area contributed by atoms with Gasteiger partial charge in [-0.05, 0) is 24.1 Å². The number of amides is 1. The predicted molar refractivity (Wildman–Crippen MR) is 66.6 cm³/mol. The van der Waals surface area contributed by atoms with Crippen molar-refractivity contribution in [3.63, 3.8) is 0 Å². The van der Waals surface area contributed by atoms with E-state index in [1.165, 1.54) is 12.0 Å². The Morgan fingerprint density at radius 3 is 2.50 bits per heavy atom. The lowest BCUT2D eigenvalue weighted by Crippen LogP contribution is -2.29. The molecule has 1 aromatic rings. The van der Waals surface area contributed by atoms with Gasteiger partial charge in [0.05, 0.1) is 0 Å². The first-order chi connectivity index (χ1) is 7.63. The largest absolute Gasteiger partial charge is 0.273 e. The fourth-order valence-corrected chi connectivity index (χ4v) is 1.51. The molecule has 3 nitrogen and oxygen atoms in total. The van der Waals surface area contributed by atoms with Gasteiger partial charge in [-0.3, -0.25) is 9.63 Å². The van der Waals surface area contributed by atoms with Crippen molar-refractivity contribution < 1.29 is 9.63 Å². The lowest BCUT2D eigenvalue weighted by molar-refractivity contribution is -0.189. The maximum Gasteiger partial charge on any atom is 0.243 e. The molecule has 4 heteroatoms. The van der Waals surface area contributed by atoms with Crippen LogP contribution in [0.5, 0.6) is 0 Å². The fraction of sp³-hybridized carbons (Fsp3) is 0.417. The quantitative estimate of drug-likeness (QED) is 0.778. The molecule has 1 amide bonds. The molecule has 0 heterocycles. The van der Waals surface area contributed by atoms with Gasteiger partial charge in [0.2, 0.25) is 5.91 Å². The minimum Gasteiger partial charge on any atom is -0.273 e. The Balaban J connectivity index is 2.48. The summed E-state index contributed by atoms with van der Waals surface area (Å²) < 4.78 is 1.04. The number of nitrogens with zero attached hydrogens (tertiary/aromatic N) is 1. The van der Waals surface area contributed by atoms with Crippen LogP contribution in [0.25, 0.3) is 0 Å². The van der Waals surface area contributed by atoms with E-state index in [-0.39, 0.29) is 5.91 Å². The molecule has 1 aromatic carbocycles. The van der Waals surface area contributed by atoms with E-state index in [2.05, 4.69) is 15.9 Å². The lowest BCUT2D eigenvalue weighted by atomic mass is 10.2. The Hall–Kier alpha value is -0.870. The molecule has 0 radical (unpaired) electrons. The number of hydrogen-bond donors (Lipinski definition) is 0. The second-order valence-electron chi connectivity index (χ2n) is 3.52. The number of hydrogen-bond acceptors (Lipinski definition) is 2. The average molecular weight is 286 g/mol. The van der Waals surface area contributed by atoms with Gasteiger partial charge < -0.3 is 0 Å². The molecule has 0 unspecified atom stereocenters. The summed E-state index contributed by atoms with van der Waals surface area (Å²) in [6.45, 7) is 4.58. The first kappa shape index (κ1) is 13.2. The van der Waals surface area contributed by atoms with E-state index in [0.29, 0.717) is 13.2 Å². The van der Waals surface area contributed by atoms with Crippen LogP contribution in [0.3, 0.4) is 0 Å². The van der Waals surface area contributed by atoms with Crippen molar-refractivity contribution in [3.05, 3.63) is 34.3 Å². The van der Waals surface area contributed by atoms with Gasteiger partial charge in [0.25, 0.3) is 0 Å². The highest BCUT2D eigenvalue weighted by atomic mass is 79.9. The van der Waals surface area contributed by atoms with Crippen molar-refractivity contribution in [3.8, 4) is 0 Å². The van der Waals surface area contributed by atoms with Gasteiger partial charge in [-0.2, -0.15) is 0 Å². The molecule has 0 N–H and O–H groups in total. The number of rotatable bonds is 5. The molecule has 0 aromatic heterocycles. The van der Waals surface area contributed by atoms with Crippen LogP contribution < -0.4 is 0 Å². The van der Waals surface area contributed by atoms with Crippen LogP contribution in [0.15, 0.2) is 28.7 Å². The molecule has 0 aliphatic heterocycles. The number of carbonyl (C=O) groups is 1. The van der Waals surface area contributed by atoms with Gasteiger partial charge in [-0.1, -0.05) is 35.0 Å². The summed E-state index contributed by atoms with van der Waals surface area (Å²) in [4.78, 5) is 16.6. The highest BCUT2D eigenvalue weighted by Crippen LogP contribution is 2.11. The van der Waals surface area contributed by atoms with E-state index < -0.39 is 0 Å². The van der Waals surface area contributed by atoms with Gasteiger partial charge in [-0.25, -0.2) is 5.06 Å². The number of benzene rings is 1. The van der Waals surface area contributed by atoms with Crippen molar-refractivity contribution >= 4 is 21.8 Å². The van der Waals surface area contributed by atoms with Gasteiger partial charge in [0.15, 0.2) is 0 Å². The Kier molecular flexibility index (Phi) is 5.49. The molecule has 0 bridgehead atoms. The molecule has 0 saturated heterocycles. The first-order valence-electron chi connectivity index (χ1n) is 5.29. The average Bonchev–Trinajstić information content (AvgIpc) is 2.26. The molecule has 0 atom stereocenters. The minimum atomic E-state index is -0.0565. The Bertz CT molecular complexity index is 337. The summed E-state index contributed by atoms with van der Waals surface area (Å²) in [6, 6.07) is 7.84. The molecular weight excluding hydrogens is 270 g/mol. The van der Waals surface area contributed by atoms with Crippen LogP contribution in [0.2, 0.25) is 0 Å². The van der Waals surface area contributed by atoms with Crippen LogP contribution in [0.1, 0.15) is 25.8 Å². The second kappa shape index (κ2) is 6.66. The first-order valence-corrected chi connectivity index (χ1v) is 6.08. The highest BCUT2D eigenvalue weighted by Gasteiger charge is 2.07. The summed E-state index contributed by atoms with van der Waals surface area (Å²) in [5, 5.41) is 1.40. The molecule has 16 heavy (non-hydrogen) atoms. The zero-order valence-electron chi connectivity index (χ0n) is 9.57. The Morgan fingerprint density at radius 2 is 2.00 bits per heavy atom. The fourth-order valence-electron chi connectivity index (χ4n) is 1.25. The normalized spacial score (nSPS) is 10.2. The standard InChI is InChI=1S/C12H16BrNO2/c1-3-8-14(10(2)15)16-9-11-4-6-12(13)7-5-11/h4-7H,3,8-9H2,1-2H3. The second-order valence-corrected chi connectivity index (χ2v) is 4.44. The van der Waals surface area contributed by atoms with Crippen LogP contribution in [-0.4, -0.2) is 17.5 Å². The monoisotopic (exact) mass is 285 g/mol. The molecule has 0 fully saturated rings. The maximum absolute atomic E-state index is 11.2. The maximum atomic E-state index is 11.2. The van der Waals surface area contributed by atoms with Crippen molar-refractivity contribution in [2.24, 2.45) is 0 Å². The minimum absolute atomic E-state index is 0.0565. The van der Waals surface area contributed by atoms with Crippen molar-refractivity contribution in [2.75, 3.05) is 6.54 Å². The third kappa shape index (κ3) is 4.33. The van der Waals surface area contributed by atoms with E-state index in [4.69, 9.17) is 4.84 Å². The highest BCUT2D eigenvalue weighted by molar-refractivity contribution is 9.10. The SMILES string of the molecule is CCCN(OCc1ccc(Br)cc1)C(C)=O. The molecule has 0 aliphatic rings. The molecular formula is C12H16BrNO2. The van der Waals surface area contributed by atoms with E-state index >= 15 is 0 Å². The summed E-state index contributed by atoms with van der Waals surface area (Å²) in [5.74, 6) is -0.0565. The van der Waals surface area contributed by atoms with Crippen molar-refractivity contribution in [1.82, 2.24) is 5.06 Å². The number of halogens is 1. The van der Waals surface area contributed by atoms with Crippen LogP contribution >= 0.6 is 15.9 Å². The summed E-state index contributed by atoms with van der Waals surface area (Å²) in [6.07, 6.45) is 0.889. The molecule has 1 rings (SSSR count). The van der Waals surface area contributed by atoms with E-state index in [1.807, 2.05) is 31.2 Å². The zero-order chi connectivity index (χ0) is 12.0. The lowest BCUT2D eigenvalue weighted by Gasteiger charge is -2.19. The van der Waals surface area contributed by atoms with Crippen LogP contribution in [0.4, 0.5) is 0 Å². The molecule has 0 saturated carbocycles. The van der Waals surface area contributed by atoms with Gasteiger partial charge >= 0.3 is 0 Å². The van der Waals surface area contributed by atoms with Gasteiger partial charge in [0.1, 0.15) is 6.61 Å². The zero-order valence-corrected chi connectivity index (χ0v) is 11.2. The van der Waals surface area contributed by atoms with Crippen molar-refractivity contribution in [1.29, 1.82) is 0 Å². The van der Waals surface area contributed by atoms with Gasteiger partial charge in [-0.15, -0.1) is 0 Å². The van der Waals surface area contributed by atoms with Gasteiger partial charge in [0, 0.05) is 17.9 Å². The summed E-state index contributed by atoms with van der Waals surface area (Å²) in [7, 11) is 0. The Morgan fingerprint density at radius 1 is 1.38 bits per heavy atom. The third-order valence-corrected chi connectivity index (χ3v) is 2.61. The summed E-state index contributed by atoms with van der Waals surface area (Å²) >= 11 is 3.37. The summed E-state index contributed by atoms with van der Waals surface area (Å²) in [5.41, 5.74) is 1.05. The topological polar surface area (TPSA) is 29.5 Å². The molecule has 0 aliphatic carbocycles. The smallest absolute Gasteiger partial charge is 0.243 e. The number of carbonyl (C=O) groups excluding carboxylic acids is 1. The van der Waals surface area contributed by atoms with Crippen LogP contribution in [-0.2, 0) is 16.2 Å². The van der Waals surface area contributed by atoms with Crippen molar-refractivity contribution in [2.45, 2.75) is 26.9 Å². The van der Waals surface area contributed by atoms with E-state index in [9.17, 15) is 4.79 Å². The van der Waals surface area contributed by atoms with Crippen LogP contribution in [0, 0.1) is 0 Å². The Labute approximate surface area is 104 Å².